The molecule has 4 N–H and O–H groups in total. The van der Waals surface area contributed by atoms with Crippen LogP contribution in [-0.4, -0.2) is 17.1 Å². The quantitative estimate of drug-likeness (QED) is 0.652. The molecule has 29 heavy (non-hydrogen) atoms. The highest BCUT2D eigenvalue weighted by Crippen LogP contribution is 2.33. The summed E-state index contributed by atoms with van der Waals surface area (Å²) in [5.41, 5.74) is 18.8. The molecule has 1 atom stereocenters. The molecule has 3 aromatic rings. The first kappa shape index (κ1) is 20.2. The first-order valence-corrected chi connectivity index (χ1v) is 9.46. The SMILES string of the molecule is COc1cc(-c2c(C)cccc2C)cc([C@@H](C)C#Cc2c(C)nc(N)nc2N)c1. The van der Waals surface area contributed by atoms with E-state index in [2.05, 4.69) is 72.9 Å². The Balaban J connectivity index is 2.04. The summed E-state index contributed by atoms with van der Waals surface area (Å²) in [7, 11) is 1.68. The van der Waals surface area contributed by atoms with E-state index in [4.69, 9.17) is 16.2 Å². The van der Waals surface area contributed by atoms with Crippen molar-refractivity contribution in [3.05, 3.63) is 64.3 Å². The lowest BCUT2D eigenvalue weighted by Crippen LogP contribution is -2.05. The minimum absolute atomic E-state index is 0.0375. The number of aromatic nitrogens is 2. The van der Waals surface area contributed by atoms with E-state index in [1.54, 1.807) is 7.11 Å². The van der Waals surface area contributed by atoms with E-state index in [0.29, 0.717) is 17.1 Å². The minimum atomic E-state index is -0.0375. The van der Waals surface area contributed by atoms with Gasteiger partial charge in [0.15, 0.2) is 0 Å². The molecule has 5 heteroatoms. The summed E-state index contributed by atoms with van der Waals surface area (Å²) in [5.74, 6) is 7.63. The molecule has 0 fully saturated rings. The second-order valence-electron chi connectivity index (χ2n) is 7.18. The van der Waals surface area contributed by atoms with Crippen LogP contribution in [0.15, 0.2) is 36.4 Å². The van der Waals surface area contributed by atoms with Gasteiger partial charge >= 0.3 is 0 Å². The number of hydrogen-bond acceptors (Lipinski definition) is 5. The molecule has 0 saturated carbocycles. The molecule has 1 aromatic heterocycles. The topological polar surface area (TPSA) is 87.0 Å². The monoisotopic (exact) mass is 386 g/mol. The van der Waals surface area contributed by atoms with Gasteiger partial charge in [-0.05, 0) is 73.7 Å². The Morgan fingerprint density at radius 2 is 1.69 bits per heavy atom. The number of nitrogens with zero attached hydrogens (tertiary/aromatic N) is 2. The minimum Gasteiger partial charge on any atom is -0.497 e. The van der Waals surface area contributed by atoms with Crippen LogP contribution < -0.4 is 16.2 Å². The smallest absolute Gasteiger partial charge is 0.222 e. The largest absolute Gasteiger partial charge is 0.497 e. The molecule has 0 amide bonds. The van der Waals surface area contributed by atoms with E-state index in [-0.39, 0.29) is 11.9 Å². The van der Waals surface area contributed by atoms with Crippen molar-refractivity contribution in [1.29, 1.82) is 0 Å². The van der Waals surface area contributed by atoms with Crippen molar-refractivity contribution in [1.82, 2.24) is 9.97 Å². The number of hydrogen-bond donors (Lipinski definition) is 2. The molecular weight excluding hydrogens is 360 g/mol. The number of ether oxygens (including phenoxy) is 1. The van der Waals surface area contributed by atoms with E-state index in [9.17, 15) is 0 Å². The number of nitrogens with two attached hydrogens (primary N) is 2. The summed E-state index contributed by atoms with van der Waals surface area (Å²) in [5, 5.41) is 0. The summed E-state index contributed by atoms with van der Waals surface area (Å²) in [4.78, 5) is 8.16. The van der Waals surface area contributed by atoms with E-state index < -0.39 is 0 Å². The summed E-state index contributed by atoms with van der Waals surface area (Å²) in [6.07, 6.45) is 0. The average molecular weight is 386 g/mol. The third kappa shape index (κ3) is 4.33. The van der Waals surface area contributed by atoms with Gasteiger partial charge in [-0.15, -0.1) is 0 Å². The Morgan fingerprint density at radius 3 is 2.31 bits per heavy atom. The van der Waals surface area contributed by atoms with Crippen molar-refractivity contribution in [2.24, 2.45) is 0 Å². The zero-order chi connectivity index (χ0) is 21.1. The zero-order valence-electron chi connectivity index (χ0n) is 17.5. The molecule has 148 valence electrons. The molecule has 0 aliphatic rings. The van der Waals surface area contributed by atoms with Crippen LogP contribution in [0.4, 0.5) is 11.8 Å². The van der Waals surface area contributed by atoms with Gasteiger partial charge in [-0.3, -0.25) is 0 Å². The normalized spacial score (nSPS) is 11.5. The molecule has 3 rings (SSSR count). The molecule has 0 bridgehead atoms. The predicted octanol–water partition coefficient (Wildman–Crippen LogP) is 4.40. The van der Waals surface area contributed by atoms with Crippen LogP contribution in [0.2, 0.25) is 0 Å². The van der Waals surface area contributed by atoms with Gasteiger partial charge in [0, 0.05) is 5.92 Å². The predicted molar refractivity (Wildman–Crippen MR) is 119 cm³/mol. The second kappa shape index (κ2) is 8.24. The standard InChI is InChI=1S/C24H26N4O/c1-14(9-10-21-17(4)27-24(26)28-23(21)25)18-11-19(13-20(12-18)29-5)22-15(2)7-6-8-16(22)3/h6-8,11-14H,1-5H3,(H4,25,26,27,28)/t14-/m0/s1. The van der Waals surface area contributed by atoms with Crippen molar-refractivity contribution >= 4 is 11.8 Å². The summed E-state index contributed by atoms with van der Waals surface area (Å²) < 4.78 is 5.56. The number of rotatable bonds is 3. The molecule has 0 radical (unpaired) electrons. The molecule has 0 unspecified atom stereocenters. The molecule has 2 aromatic carbocycles. The fourth-order valence-corrected chi connectivity index (χ4v) is 3.44. The van der Waals surface area contributed by atoms with Gasteiger partial charge in [0.25, 0.3) is 0 Å². The highest BCUT2D eigenvalue weighted by atomic mass is 16.5. The van der Waals surface area contributed by atoms with Crippen LogP contribution in [0.1, 0.15) is 40.8 Å². The second-order valence-corrected chi connectivity index (χ2v) is 7.18. The maximum absolute atomic E-state index is 5.97. The van der Waals surface area contributed by atoms with Gasteiger partial charge in [-0.2, -0.15) is 4.98 Å². The van der Waals surface area contributed by atoms with E-state index in [1.165, 1.54) is 16.7 Å². The van der Waals surface area contributed by atoms with Gasteiger partial charge in [-0.25, -0.2) is 4.98 Å². The number of anilines is 2. The highest BCUT2D eigenvalue weighted by molar-refractivity contribution is 5.73. The number of aryl methyl sites for hydroxylation is 3. The first-order chi connectivity index (χ1) is 13.8. The Morgan fingerprint density at radius 1 is 1.00 bits per heavy atom. The maximum Gasteiger partial charge on any atom is 0.222 e. The van der Waals surface area contributed by atoms with Gasteiger partial charge in [-0.1, -0.05) is 30.0 Å². The molecule has 0 spiro atoms. The van der Waals surface area contributed by atoms with Crippen LogP contribution in [0.25, 0.3) is 11.1 Å². The van der Waals surface area contributed by atoms with E-state index >= 15 is 0 Å². The Hall–Kier alpha value is -3.52. The lowest BCUT2D eigenvalue weighted by Gasteiger charge is -2.15. The maximum atomic E-state index is 5.97. The van der Waals surface area contributed by atoms with Crippen molar-refractivity contribution < 1.29 is 4.74 Å². The molecule has 0 saturated heterocycles. The molecular formula is C24H26N4O. The molecule has 0 aliphatic carbocycles. The van der Waals surface area contributed by atoms with Gasteiger partial charge in [0.2, 0.25) is 5.95 Å². The van der Waals surface area contributed by atoms with Crippen molar-refractivity contribution in [2.75, 3.05) is 18.6 Å². The summed E-state index contributed by atoms with van der Waals surface area (Å²) >= 11 is 0. The highest BCUT2D eigenvalue weighted by Gasteiger charge is 2.12. The Kier molecular flexibility index (Phi) is 5.74. The number of benzene rings is 2. The summed E-state index contributed by atoms with van der Waals surface area (Å²) in [6.45, 7) is 8.13. The van der Waals surface area contributed by atoms with Crippen molar-refractivity contribution in [3.63, 3.8) is 0 Å². The molecule has 5 nitrogen and oxygen atoms in total. The summed E-state index contributed by atoms with van der Waals surface area (Å²) in [6, 6.07) is 12.6. The fraction of sp³-hybridized carbons (Fsp3) is 0.250. The zero-order valence-corrected chi connectivity index (χ0v) is 17.5. The van der Waals surface area contributed by atoms with E-state index in [0.717, 1.165) is 16.9 Å². The van der Waals surface area contributed by atoms with Crippen molar-refractivity contribution in [3.8, 4) is 28.7 Å². The molecule has 1 heterocycles. The molecule has 0 aliphatic heterocycles. The van der Waals surface area contributed by atoms with Crippen LogP contribution in [0.3, 0.4) is 0 Å². The lowest BCUT2D eigenvalue weighted by atomic mass is 9.91. The van der Waals surface area contributed by atoms with Crippen LogP contribution in [0, 0.1) is 32.6 Å². The first-order valence-electron chi connectivity index (χ1n) is 9.46. The number of nitrogen functional groups attached to an aromatic ring is 2. The fourth-order valence-electron chi connectivity index (χ4n) is 3.44. The van der Waals surface area contributed by atoms with Gasteiger partial charge in [0.05, 0.1) is 18.4 Å². The Bertz CT molecular complexity index is 1080. The van der Waals surface area contributed by atoms with Gasteiger partial charge in [0.1, 0.15) is 11.6 Å². The average Bonchev–Trinajstić information content (AvgIpc) is 2.66. The lowest BCUT2D eigenvalue weighted by molar-refractivity contribution is 0.414. The van der Waals surface area contributed by atoms with E-state index in [1.807, 2.05) is 13.0 Å². The van der Waals surface area contributed by atoms with Crippen molar-refractivity contribution in [2.45, 2.75) is 33.6 Å². The third-order valence-electron chi connectivity index (χ3n) is 4.98. The third-order valence-corrected chi connectivity index (χ3v) is 4.98. The number of methoxy groups -OCH3 is 1. The van der Waals surface area contributed by atoms with Crippen LogP contribution in [0.5, 0.6) is 5.75 Å². The Labute approximate surface area is 172 Å². The van der Waals surface area contributed by atoms with Crippen LogP contribution >= 0.6 is 0 Å². The van der Waals surface area contributed by atoms with Crippen LogP contribution in [-0.2, 0) is 0 Å². The van der Waals surface area contributed by atoms with Gasteiger partial charge < -0.3 is 16.2 Å².